The molecule has 3 nitrogen and oxygen atoms in total. The molecule has 0 fully saturated rings. The van der Waals surface area contributed by atoms with Gasteiger partial charge in [-0.1, -0.05) is 6.07 Å². The summed E-state index contributed by atoms with van der Waals surface area (Å²) in [6, 6.07) is 5.46. The second-order valence-corrected chi connectivity index (χ2v) is 1.55. The fourth-order valence-corrected chi connectivity index (χ4v) is 0.548. The van der Waals surface area contributed by atoms with Gasteiger partial charge in [-0.05, 0) is 12.1 Å². The molecule has 0 aromatic carbocycles. The molecule has 0 aliphatic heterocycles. The number of hydrogen-bond donors (Lipinski definition) is 2. The summed E-state index contributed by atoms with van der Waals surface area (Å²) in [4.78, 5) is 3.90. The highest BCUT2D eigenvalue weighted by Crippen LogP contribution is 1.96. The molecule has 48 valence electrons. The maximum Gasteiger partial charge on any atom is 0.127 e. The Balaban J connectivity index is 2.61. The highest BCUT2D eigenvalue weighted by molar-refractivity contribution is 5.32. The highest BCUT2D eigenvalue weighted by atomic mass is 16.3. The van der Waals surface area contributed by atoms with E-state index in [1.54, 1.807) is 12.3 Å². The Hall–Kier alpha value is -1.09. The van der Waals surface area contributed by atoms with Crippen LogP contribution >= 0.6 is 0 Å². The summed E-state index contributed by atoms with van der Waals surface area (Å²) in [5.41, 5.74) is 0. The lowest BCUT2D eigenvalue weighted by molar-refractivity contribution is 0.325. The number of nitrogens with one attached hydrogen (secondary N) is 1. The molecule has 9 heavy (non-hydrogen) atoms. The summed E-state index contributed by atoms with van der Waals surface area (Å²) < 4.78 is 0. The van der Waals surface area contributed by atoms with Gasteiger partial charge in [-0.2, -0.15) is 0 Å². The summed E-state index contributed by atoms with van der Waals surface area (Å²) in [6.07, 6.45) is 1.66. The zero-order valence-corrected chi connectivity index (χ0v) is 4.91. The molecule has 1 aromatic rings. The number of pyridine rings is 1. The first-order valence-electron chi connectivity index (χ1n) is 2.69. The Morgan fingerprint density at radius 2 is 2.44 bits per heavy atom. The topological polar surface area (TPSA) is 45.1 Å². The van der Waals surface area contributed by atoms with Gasteiger partial charge in [0.15, 0.2) is 0 Å². The molecule has 0 saturated heterocycles. The van der Waals surface area contributed by atoms with E-state index >= 15 is 0 Å². The van der Waals surface area contributed by atoms with Crippen molar-refractivity contribution in [2.75, 3.05) is 12.0 Å². The lowest BCUT2D eigenvalue weighted by Crippen LogP contribution is -2.00. The van der Waals surface area contributed by atoms with Gasteiger partial charge in [-0.25, -0.2) is 4.98 Å². The third kappa shape index (κ3) is 1.70. The monoisotopic (exact) mass is 124 g/mol. The third-order valence-corrected chi connectivity index (χ3v) is 0.925. The van der Waals surface area contributed by atoms with E-state index in [2.05, 4.69) is 10.3 Å². The first-order chi connectivity index (χ1) is 4.43. The summed E-state index contributed by atoms with van der Waals surface area (Å²) in [7, 11) is 0. The zero-order chi connectivity index (χ0) is 6.53. The van der Waals surface area contributed by atoms with Gasteiger partial charge in [0.25, 0.3) is 0 Å². The molecule has 2 N–H and O–H groups in total. The minimum Gasteiger partial charge on any atom is -0.377 e. The van der Waals surface area contributed by atoms with Gasteiger partial charge in [-0.3, -0.25) is 0 Å². The van der Waals surface area contributed by atoms with Gasteiger partial charge < -0.3 is 10.4 Å². The SMILES string of the molecule is OCNc1ccccn1. The molecule has 0 saturated carbocycles. The Labute approximate surface area is 53.4 Å². The number of hydrogen-bond acceptors (Lipinski definition) is 3. The maximum absolute atomic E-state index is 8.37. The average molecular weight is 124 g/mol. The quantitative estimate of drug-likeness (QED) is 0.562. The van der Waals surface area contributed by atoms with Crippen molar-refractivity contribution in [3.05, 3.63) is 24.4 Å². The molecule has 0 amide bonds. The van der Waals surface area contributed by atoms with Gasteiger partial charge in [0, 0.05) is 6.20 Å². The van der Waals surface area contributed by atoms with Gasteiger partial charge in [-0.15, -0.1) is 0 Å². The molecule has 0 unspecified atom stereocenters. The second kappa shape index (κ2) is 3.04. The number of aromatic nitrogens is 1. The van der Waals surface area contributed by atoms with Gasteiger partial charge >= 0.3 is 0 Å². The van der Waals surface area contributed by atoms with Crippen LogP contribution in [0, 0.1) is 0 Å². The lowest BCUT2D eigenvalue weighted by atomic mass is 10.5. The van der Waals surface area contributed by atoms with Crippen LogP contribution in [0.15, 0.2) is 24.4 Å². The van der Waals surface area contributed by atoms with Crippen LogP contribution in [-0.4, -0.2) is 16.8 Å². The van der Waals surface area contributed by atoms with E-state index in [1.807, 2.05) is 12.1 Å². The summed E-state index contributed by atoms with van der Waals surface area (Å²) >= 11 is 0. The van der Waals surface area contributed by atoms with Crippen molar-refractivity contribution in [3.63, 3.8) is 0 Å². The van der Waals surface area contributed by atoms with Crippen LogP contribution in [0.25, 0.3) is 0 Å². The van der Waals surface area contributed by atoms with E-state index in [9.17, 15) is 0 Å². The smallest absolute Gasteiger partial charge is 0.127 e. The number of aliphatic hydroxyl groups excluding tert-OH is 1. The van der Waals surface area contributed by atoms with Crippen LogP contribution in [0.1, 0.15) is 0 Å². The molecular weight excluding hydrogens is 116 g/mol. The van der Waals surface area contributed by atoms with Crippen LogP contribution in [0.3, 0.4) is 0 Å². The predicted molar refractivity (Wildman–Crippen MR) is 34.9 cm³/mol. The van der Waals surface area contributed by atoms with E-state index < -0.39 is 0 Å². The van der Waals surface area contributed by atoms with Crippen molar-refractivity contribution in [1.82, 2.24) is 4.98 Å². The van der Waals surface area contributed by atoms with Crippen molar-refractivity contribution in [2.24, 2.45) is 0 Å². The first-order valence-corrected chi connectivity index (χ1v) is 2.69. The Kier molecular flexibility index (Phi) is 2.04. The van der Waals surface area contributed by atoms with E-state index in [0.717, 1.165) is 0 Å². The normalized spacial score (nSPS) is 9.00. The molecule has 1 rings (SSSR count). The summed E-state index contributed by atoms with van der Waals surface area (Å²) in [5, 5.41) is 11.0. The molecule has 3 heteroatoms. The predicted octanol–water partition coefficient (Wildman–Crippen LogP) is 0.443. The first kappa shape index (κ1) is 6.04. The fraction of sp³-hybridized carbons (Fsp3) is 0.167. The van der Waals surface area contributed by atoms with Crippen molar-refractivity contribution in [2.45, 2.75) is 0 Å². The van der Waals surface area contributed by atoms with E-state index in [-0.39, 0.29) is 6.73 Å². The van der Waals surface area contributed by atoms with Crippen LogP contribution in [-0.2, 0) is 0 Å². The van der Waals surface area contributed by atoms with Crippen molar-refractivity contribution in [3.8, 4) is 0 Å². The van der Waals surface area contributed by atoms with Gasteiger partial charge in [0.1, 0.15) is 12.5 Å². The molecule has 1 heterocycles. The molecule has 0 spiro atoms. The number of anilines is 1. The summed E-state index contributed by atoms with van der Waals surface area (Å²) in [6.45, 7) is -0.0724. The lowest BCUT2D eigenvalue weighted by Gasteiger charge is -1.97. The van der Waals surface area contributed by atoms with Crippen LogP contribution < -0.4 is 5.32 Å². The maximum atomic E-state index is 8.37. The molecule has 0 aliphatic carbocycles. The molecule has 0 aliphatic rings. The van der Waals surface area contributed by atoms with Gasteiger partial charge in [0.2, 0.25) is 0 Å². The van der Waals surface area contributed by atoms with E-state index in [1.165, 1.54) is 0 Å². The van der Waals surface area contributed by atoms with Crippen molar-refractivity contribution < 1.29 is 5.11 Å². The third-order valence-electron chi connectivity index (χ3n) is 0.925. The Morgan fingerprint density at radius 1 is 1.56 bits per heavy atom. The van der Waals surface area contributed by atoms with Crippen LogP contribution in [0.5, 0.6) is 0 Å². The minimum atomic E-state index is -0.0724. The molecule has 1 aromatic heterocycles. The van der Waals surface area contributed by atoms with Crippen molar-refractivity contribution in [1.29, 1.82) is 0 Å². The molecule has 0 bridgehead atoms. The molecule has 0 atom stereocenters. The molecule has 0 radical (unpaired) electrons. The average Bonchev–Trinajstić information content (AvgIpc) is 1.91. The minimum absolute atomic E-state index is 0.0724. The standard InChI is InChI=1S/C6H8N2O/c9-5-8-6-3-1-2-4-7-6/h1-4,9H,5H2,(H,7,8). The zero-order valence-electron chi connectivity index (χ0n) is 4.91. The summed E-state index contributed by atoms with van der Waals surface area (Å²) in [5.74, 6) is 0.694. The molecular formula is C6H8N2O. The second-order valence-electron chi connectivity index (χ2n) is 1.55. The number of nitrogens with zero attached hydrogens (tertiary/aromatic N) is 1. The highest BCUT2D eigenvalue weighted by Gasteiger charge is 1.83. The number of rotatable bonds is 2. The van der Waals surface area contributed by atoms with Gasteiger partial charge in [0.05, 0.1) is 0 Å². The Bertz CT molecular complexity index is 164. The van der Waals surface area contributed by atoms with Crippen LogP contribution in [0.4, 0.5) is 5.82 Å². The van der Waals surface area contributed by atoms with E-state index in [4.69, 9.17) is 5.11 Å². The Morgan fingerprint density at radius 3 is 3.00 bits per heavy atom. The van der Waals surface area contributed by atoms with Crippen LogP contribution in [0.2, 0.25) is 0 Å². The largest absolute Gasteiger partial charge is 0.377 e. The van der Waals surface area contributed by atoms with Crippen molar-refractivity contribution >= 4 is 5.82 Å². The van der Waals surface area contributed by atoms with E-state index in [0.29, 0.717) is 5.82 Å². The fourth-order valence-electron chi connectivity index (χ4n) is 0.548. The number of aliphatic hydroxyl groups is 1.